The van der Waals surface area contributed by atoms with Gasteiger partial charge in [-0.25, -0.2) is 4.39 Å². The first kappa shape index (κ1) is 14.0. The number of hydrogen-bond donors (Lipinski definition) is 1. The Morgan fingerprint density at radius 3 is 2.79 bits per heavy atom. The minimum atomic E-state index is -1.72. The zero-order chi connectivity index (χ0) is 13.9. The third-order valence-electron chi connectivity index (χ3n) is 3.78. The van der Waals surface area contributed by atoms with Gasteiger partial charge in [-0.15, -0.1) is 0 Å². The molecule has 0 saturated carbocycles. The van der Waals surface area contributed by atoms with E-state index in [1.165, 1.54) is 0 Å². The Morgan fingerprint density at radius 1 is 1.47 bits per heavy atom. The number of hydrogen-bond acceptors (Lipinski definition) is 2. The molecule has 1 fully saturated rings. The molecule has 1 N–H and O–H groups in total. The summed E-state index contributed by atoms with van der Waals surface area (Å²) in [5.41, 5.74) is 0.483. The second kappa shape index (κ2) is 5.70. The molecule has 2 rings (SSSR count). The standard InChI is InChI=1S/C15H21FN2O/c1-3-18(10-13-7-5-4-6-12(13)2)14(19)15(16)8-9-17-11-15/h4-7,17H,3,8-11H2,1-2H3/t15-/m0/s1. The molecule has 1 aliphatic rings. The summed E-state index contributed by atoms with van der Waals surface area (Å²) in [6.07, 6.45) is 0.274. The highest BCUT2D eigenvalue weighted by Gasteiger charge is 2.43. The van der Waals surface area contributed by atoms with E-state index in [-0.39, 0.29) is 18.9 Å². The van der Waals surface area contributed by atoms with Gasteiger partial charge < -0.3 is 10.2 Å². The molecule has 1 saturated heterocycles. The molecule has 1 amide bonds. The largest absolute Gasteiger partial charge is 0.336 e. The molecule has 1 aliphatic heterocycles. The normalized spacial score (nSPS) is 22.5. The summed E-state index contributed by atoms with van der Waals surface area (Å²) in [5, 5.41) is 2.93. The summed E-state index contributed by atoms with van der Waals surface area (Å²) in [4.78, 5) is 13.9. The van der Waals surface area contributed by atoms with Crippen molar-refractivity contribution in [1.29, 1.82) is 0 Å². The fraction of sp³-hybridized carbons (Fsp3) is 0.533. The molecule has 0 bridgehead atoms. The van der Waals surface area contributed by atoms with E-state index in [0.717, 1.165) is 11.1 Å². The molecule has 19 heavy (non-hydrogen) atoms. The molecule has 4 heteroatoms. The van der Waals surface area contributed by atoms with E-state index in [2.05, 4.69) is 5.32 Å². The van der Waals surface area contributed by atoms with Crippen molar-refractivity contribution in [3.8, 4) is 0 Å². The molecule has 0 aliphatic carbocycles. The predicted molar refractivity (Wildman–Crippen MR) is 73.6 cm³/mol. The number of halogens is 1. The van der Waals surface area contributed by atoms with Crippen LogP contribution >= 0.6 is 0 Å². The van der Waals surface area contributed by atoms with Gasteiger partial charge in [0.25, 0.3) is 5.91 Å². The molecule has 0 aromatic heterocycles. The van der Waals surface area contributed by atoms with Crippen molar-refractivity contribution in [1.82, 2.24) is 10.2 Å². The molecule has 0 unspecified atom stereocenters. The number of alkyl halides is 1. The van der Waals surface area contributed by atoms with Gasteiger partial charge in [-0.1, -0.05) is 24.3 Å². The molecule has 104 valence electrons. The average molecular weight is 264 g/mol. The monoisotopic (exact) mass is 264 g/mol. The van der Waals surface area contributed by atoms with Gasteiger partial charge in [-0.3, -0.25) is 4.79 Å². The van der Waals surface area contributed by atoms with Gasteiger partial charge in [0.15, 0.2) is 0 Å². The first-order chi connectivity index (χ1) is 9.07. The van der Waals surface area contributed by atoms with Gasteiger partial charge in [0.2, 0.25) is 5.67 Å². The Labute approximate surface area is 113 Å². The highest BCUT2D eigenvalue weighted by molar-refractivity contribution is 5.85. The molecule has 0 spiro atoms. The lowest BCUT2D eigenvalue weighted by Crippen LogP contribution is -2.47. The van der Waals surface area contributed by atoms with E-state index in [1.807, 2.05) is 38.1 Å². The van der Waals surface area contributed by atoms with Crippen LogP contribution in [0.4, 0.5) is 4.39 Å². The number of nitrogens with zero attached hydrogens (tertiary/aromatic N) is 1. The second-order valence-electron chi connectivity index (χ2n) is 5.14. The number of carbonyl (C=O) groups excluding carboxylic acids is 1. The fourth-order valence-corrected chi connectivity index (χ4v) is 2.45. The van der Waals surface area contributed by atoms with Crippen LogP contribution < -0.4 is 5.32 Å². The summed E-state index contributed by atoms with van der Waals surface area (Å²) >= 11 is 0. The number of aryl methyl sites for hydroxylation is 1. The van der Waals surface area contributed by atoms with Gasteiger partial charge in [-0.05, 0) is 31.5 Å². The van der Waals surface area contributed by atoms with Crippen molar-refractivity contribution < 1.29 is 9.18 Å². The molecular formula is C15H21FN2O. The topological polar surface area (TPSA) is 32.3 Å². The summed E-state index contributed by atoms with van der Waals surface area (Å²) in [6.45, 7) is 5.62. The van der Waals surface area contributed by atoms with Gasteiger partial charge in [0.1, 0.15) is 0 Å². The summed E-state index contributed by atoms with van der Waals surface area (Å²) < 4.78 is 14.5. The Hall–Kier alpha value is -1.42. The highest BCUT2D eigenvalue weighted by atomic mass is 19.1. The smallest absolute Gasteiger partial charge is 0.261 e. The Morgan fingerprint density at radius 2 is 2.21 bits per heavy atom. The predicted octanol–water partition coefficient (Wildman–Crippen LogP) is 2.05. The quantitative estimate of drug-likeness (QED) is 0.902. The third kappa shape index (κ3) is 2.95. The van der Waals surface area contributed by atoms with Gasteiger partial charge in [0.05, 0.1) is 0 Å². The van der Waals surface area contributed by atoms with Crippen molar-refractivity contribution >= 4 is 5.91 Å². The van der Waals surface area contributed by atoms with Crippen LogP contribution in [0.3, 0.4) is 0 Å². The van der Waals surface area contributed by atoms with E-state index in [1.54, 1.807) is 4.90 Å². The van der Waals surface area contributed by atoms with Crippen LogP contribution in [0, 0.1) is 6.92 Å². The SMILES string of the molecule is CCN(Cc1ccccc1C)C(=O)[C@]1(F)CCNC1. The van der Waals surface area contributed by atoms with Crippen LogP contribution in [0.5, 0.6) is 0 Å². The van der Waals surface area contributed by atoms with E-state index in [0.29, 0.717) is 19.6 Å². The molecule has 0 radical (unpaired) electrons. The molecule has 1 heterocycles. The molecule has 1 atom stereocenters. The van der Waals surface area contributed by atoms with Gasteiger partial charge in [-0.2, -0.15) is 0 Å². The summed E-state index contributed by atoms with van der Waals surface area (Å²) in [7, 11) is 0. The Bertz CT molecular complexity index is 455. The first-order valence-corrected chi connectivity index (χ1v) is 6.80. The van der Waals surface area contributed by atoms with Crippen molar-refractivity contribution in [2.24, 2.45) is 0 Å². The van der Waals surface area contributed by atoms with Crippen LogP contribution in [-0.4, -0.2) is 36.1 Å². The van der Waals surface area contributed by atoms with Crippen LogP contribution in [0.15, 0.2) is 24.3 Å². The molecule has 1 aromatic carbocycles. The number of amides is 1. The van der Waals surface area contributed by atoms with Crippen molar-refractivity contribution in [2.75, 3.05) is 19.6 Å². The lowest BCUT2D eigenvalue weighted by atomic mass is 10.0. The molecular weight excluding hydrogens is 243 g/mol. The first-order valence-electron chi connectivity index (χ1n) is 6.80. The van der Waals surface area contributed by atoms with Crippen molar-refractivity contribution in [3.63, 3.8) is 0 Å². The maximum Gasteiger partial charge on any atom is 0.261 e. The summed E-state index contributed by atoms with van der Waals surface area (Å²) in [5.74, 6) is -0.386. The van der Waals surface area contributed by atoms with Crippen LogP contribution in [0.2, 0.25) is 0 Å². The van der Waals surface area contributed by atoms with E-state index >= 15 is 0 Å². The van der Waals surface area contributed by atoms with Crippen LogP contribution in [0.25, 0.3) is 0 Å². The minimum absolute atomic E-state index is 0.135. The summed E-state index contributed by atoms with van der Waals surface area (Å²) in [6, 6.07) is 7.91. The Kier molecular flexibility index (Phi) is 4.20. The highest BCUT2D eigenvalue weighted by Crippen LogP contribution is 2.24. The van der Waals surface area contributed by atoms with Gasteiger partial charge in [0, 0.05) is 26.1 Å². The number of benzene rings is 1. The zero-order valence-electron chi connectivity index (χ0n) is 11.6. The average Bonchev–Trinajstić information content (AvgIpc) is 2.85. The lowest BCUT2D eigenvalue weighted by Gasteiger charge is -2.28. The van der Waals surface area contributed by atoms with Crippen molar-refractivity contribution in [3.05, 3.63) is 35.4 Å². The van der Waals surface area contributed by atoms with Crippen LogP contribution in [0.1, 0.15) is 24.5 Å². The fourth-order valence-electron chi connectivity index (χ4n) is 2.45. The lowest BCUT2D eigenvalue weighted by molar-refractivity contribution is -0.143. The number of rotatable bonds is 4. The van der Waals surface area contributed by atoms with E-state index in [9.17, 15) is 9.18 Å². The maximum atomic E-state index is 14.5. The van der Waals surface area contributed by atoms with E-state index in [4.69, 9.17) is 0 Å². The number of nitrogens with one attached hydrogen (secondary N) is 1. The van der Waals surface area contributed by atoms with Crippen LogP contribution in [-0.2, 0) is 11.3 Å². The second-order valence-corrected chi connectivity index (χ2v) is 5.14. The third-order valence-corrected chi connectivity index (χ3v) is 3.78. The number of carbonyl (C=O) groups is 1. The van der Waals surface area contributed by atoms with Gasteiger partial charge >= 0.3 is 0 Å². The molecule has 1 aromatic rings. The molecule has 3 nitrogen and oxygen atoms in total. The minimum Gasteiger partial charge on any atom is -0.336 e. The Balaban J connectivity index is 2.12. The van der Waals surface area contributed by atoms with E-state index < -0.39 is 5.67 Å². The van der Waals surface area contributed by atoms with Crippen molar-refractivity contribution in [2.45, 2.75) is 32.5 Å². The maximum absolute atomic E-state index is 14.5. The zero-order valence-corrected chi connectivity index (χ0v) is 11.6.